The molecular weight excluding hydrogens is 236 g/mol. The summed E-state index contributed by atoms with van der Waals surface area (Å²) < 4.78 is 5.60. The van der Waals surface area contributed by atoms with Crippen LogP contribution in [0.3, 0.4) is 0 Å². The normalized spacial score (nSPS) is 28.1. The molecule has 1 unspecified atom stereocenters. The second kappa shape index (κ2) is 7.05. The van der Waals surface area contributed by atoms with Crippen molar-refractivity contribution in [2.24, 2.45) is 11.3 Å². The van der Waals surface area contributed by atoms with Crippen molar-refractivity contribution >= 4 is 0 Å². The van der Waals surface area contributed by atoms with Crippen molar-refractivity contribution in [1.29, 1.82) is 0 Å². The lowest BCUT2D eigenvalue weighted by molar-refractivity contribution is -0.00903. The van der Waals surface area contributed by atoms with E-state index in [9.17, 15) is 0 Å². The zero-order valence-electron chi connectivity index (χ0n) is 13.1. The molecule has 19 heavy (non-hydrogen) atoms. The summed E-state index contributed by atoms with van der Waals surface area (Å²) in [7, 11) is 0. The molecule has 0 aliphatic carbocycles. The number of nitrogens with zero attached hydrogens (tertiary/aromatic N) is 1. The molecule has 0 aromatic rings. The van der Waals surface area contributed by atoms with E-state index in [1.54, 1.807) is 0 Å². The highest BCUT2D eigenvalue weighted by Crippen LogP contribution is 2.34. The van der Waals surface area contributed by atoms with Gasteiger partial charge in [-0.05, 0) is 50.1 Å². The highest BCUT2D eigenvalue weighted by atomic mass is 16.5. The Balaban J connectivity index is 1.98. The Bertz CT molecular complexity index is 261. The molecule has 0 bridgehead atoms. The van der Waals surface area contributed by atoms with E-state index in [0.717, 1.165) is 38.3 Å². The Kier molecular flexibility index (Phi) is 5.67. The summed E-state index contributed by atoms with van der Waals surface area (Å²) >= 11 is 0. The molecule has 2 heterocycles. The predicted octanol–water partition coefficient (Wildman–Crippen LogP) is 2.51. The zero-order chi connectivity index (χ0) is 13.7. The average molecular weight is 268 g/mol. The summed E-state index contributed by atoms with van der Waals surface area (Å²) in [5, 5.41) is 3.59. The van der Waals surface area contributed by atoms with Crippen LogP contribution in [0.1, 0.15) is 46.5 Å². The number of likely N-dealkylation sites (tertiary alicyclic amines) is 1. The van der Waals surface area contributed by atoms with Gasteiger partial charge in [-0.3, -0.25) is 4.90 Å². The molecule has 3 nitrogen and oxygen atoms in total. The number of hydrogen-bond donors (Lipinski definition) is 1. The molecule has 0 aromatic heterocycles. The molecule has 2 saturated heterocycles. The van der Waals surface area contributed by atoms with Crippen molar-refractivity contribution in [2.75, 3.05) is 39.4 Å². The third kappa shape index (κ3) is 3.93. The average Bonchev–Trinajstić information content (AvgIpc) is 2.86. The van der Waals surface area contributed by atoms with Crippen LogP contribution in [0, 0.1) is 11.3 Å². The molecule has 0 spiro atoms. The van der Waals surface area contributed by atoms with Gasteiger partial charge in [-0.1, -0.05) is 20.8 Å². The molecule has 1 atom stereocenters. The third-order valence-corrected chi connectivity index (χ3v) is 5.03. The monoisotopic (exact) mass is 268 g/mol. The molecule has 0 amide bonds. The maximum absolute atomic E-state index is 5.60. The van der Waals surface area contributed by atoms with Crippen LogP contribution in [0.2, 0.25) is 0 Å². The summed E-state index contributed by atoms with van der Waals surface area (Å²) in [5.41, 5.74) is 0.450. The molecule has 0 radical (unpaired) electrons. The van der Waals surface area contributed by atoms with Crippen LogP contribution in [0.15, 0.2) is 0 Å². The van der Waals surface area contributed by atoms with Gasteiger partial charge in [0, 0.05) is 32.3 Å². The van der Waals surface area contributed by atoms with E-state index in [1.807, 2.05) is 0 Å². The first kappa shape index (κ1) is 15.3. The Labute approximate surface area is 119 Å². The van der Waals surface area contributed by atoms with Gasteiger partial charge in [0.25, 0.3) is 0 Å². The maximum Gasteiger partial charge on any atom is 0.0472 e. The Morgan fingerprint density at radius 1 is 1.32 bits per heavy atom. The van der Waals surface area contributed by atoms with Crippen molar-refractivity contribution in [1.82, 2.24) is 10.2 Å². The molecule has 0 aromatic carbocycles. The number of ether oxygens (including phenoxy) is 1. The van der Waals surface area contributed by atoms with Crippen LogP contribution in [0.4, 0.5) is 0 Å². The van der Waals surface area contributed by atoms with E-state index >= 15 is 0 Å². The van der Waals surface area contributed by atoms with Gasteiger partial charge in [0.15, 0.2) is 0 Å². The lowest BCUT2D eigenvalue weighted by atomic mass is 9.79. The molecule has 1 N–H and O–H groups in total. The summed E-state index contributed by atoms with van der Waals surface area (Å²) in [6, 6.07) is 0.807. The minimum Gasteiger partial charge on any atom is -0.381 e. The lowest BCUT2D eigenvalue weighted by Crippen LogP contribution is -2.49. The number of nitrogens with one attached hydrogen (secondary N) is 1. The molecule has 112 valence electrons. The van der Waals surface area contributed by atoms with Gasteiger partial charge < -0.3 is 10.1 Å². The van der Waals surface area contributed by atoms with Gasteiger partial charge in [-0.2, -0.15) is 0 Å². The van der Waals surface area contributed by atoms with Crippen molar-refractivity contribution in [3.8, 4) is 0 Å². The number of hydrogen-bond acceptors (Lipinski definition) is 3. The van der Waals surface area contributed by atoms with E-state index in [1.165, 1.54) is 38.8 Å². The molecule has 2 aliphatic heterocycles. The minimum absolute atomic E-state index is 0.450. The van der Waals surface area contributed by atoms with E-state index in [4.69, 9.17) is 4.74 Å². The van der Waals surface area contributed by atoms with Crippen LogP contribution >= 0.6 is 0 Å². The first-order valence-electron chi connectivity index (χ1n) is 8.19. The van der Waals surface area contributed by atoms with E-state index < -0.39 is 0 Å². The second-order valence-electron chi connectivity index (χ2n) is 6.82. The van der Waals surface area contributed by atoms with Gasteiger partial charge in [-0.15, -0.1) is 0 Å². The zero-order valence-corrected chi connectivity index (χ0v) is 13.1. The number of rotatable bonds is 6. The topological polar surface area (TPSA) is 24.5 Å². The molecular formula is C16H32N2O. The molecule has 3 heteroatoms. The smallest absolute Gasteiger partial charge is 0.0472 e. The summed E-state index contributed by atoms with van der Waals surface area (Å²) in [5.74, 6) is 0.790. The van der Waals surface area contributed by atoms with Crippen molar-refractivity contribution in [3.63, 3.8) is 0 Å². The van der Waals surface area contributed by atoms with E-state index in [2.05, 4.69) is 31.0 Å². The molecule has 2 aliphatic rings. The van der Waals surface area contributed by atoms with E-state index in [-0.39, 0.29) is 0 Å². The highest BCUT2D eigenvalue weighted by Gasteiger charge is 2.37. The van der Waals surface area contributed by atoms with Gasteiger partial charge in [0.05, 0.1) is 0 Å². The largest absolute Gasteiger partial charge is 0.381 e. The Morgan fingerprint density at radius 3 is 2.68 bits per heavy atom. The third-order valence-electron chi connectivity index (χ3n) is 5.03. The van der Waals surface area contributed by atoms with Gasteiger partial charge >= 0.3 is 0 Å². The molecule has 0 saturated carbocycles. The first-order valence-corrected chi connectivity index (χ1v) is 8.19. The first-order chi connectivity index (χ1) is 9.17. The fourth-order valence-corrected chi connectivity index (χ4v) is 3.82. The van der Waals surface area contributed by atoms with Gasteiger partial charge in [-0.25, -0.2) is 0 Å². The van der Waals surface area contributed by atoms with Gasteiger partial charge in [0.1, 0.15) is 0 Å². The van der Waals surface area contributed by atoms with Gasteiger partial charge in [0.2, 0.25) is 0 Å². The summed E-state index contributed by atoms with van der Waals surface area (Å²) in [4.78, 5) is 2.77. The second-order valence-corrected chi connectivity index (χ2v) is 6.82. The predicted molar refractivity (Wildman–Crippen MR) is 80.5 cm³/mol. The summed E-state index contributed by atoms with van der Waals surface area (Å²) in [6.45, 7) is 13.7. The van der Waals surface area contributed by atoms with Crippen LogP contribution in [-0.2, 0) is 4.74 Å². The van der Waals surface area contributed by atoms with Crippen LogP contribution < -0.4 is 5.32 Å². The van der Waals surface area contributed by atoms with Crippen LogP contribution in [0.25, 0.3) is 0 Å². The fraction of sp³-hybridized carbons (Fsp3) is 1.00. The van der Waals surface area contributed by atoms with Crippen molar-refractivity contribution in [2.45, 2.75) is 52.5 Å². The maximum atomic E-state index is 5.60. The van der Waals surface area contributed by atoms with Crippen molar-refractivity contribution in [3.05, 3.63) is 0 Å². The lowest BCUT2D eigenvalue weighted by Gasteiger charge is -2.42. The van der Waals surface area contributed by atoms with Crippen LogP contribution in [0.5, 0.6) is 0 Å². The highest BCUT2D eigenvalue weighted by molar-refractivity contribution is 4.91. The minimum atomic E-state index is 0.450. The molecule has 2 rings (SSSR count). The standard InChI is InChI=1S/C16H32N2O/c1-4-17-12-16(7-10-19-11-8-16)13-18-9-5-6-15(18)14(2)3/h14-15,17H,4-13H2,1-3H3. The fourth-order valence-electron chi connectivity index (χ4n) is 3.82. The van der Waals surface area contributed by atoms with Crippen molar-refractivity contribution < 1.29 is 4.74 Å². The van der Waals surface area contributed by atoms with E-state index in [0.29, 0.717) is 5.41 Å². The Morgan fingerprint density at radius 2 is 2.05 bits per heavy atom. The quantitative estimate of drug-likeness (QED) is 0.801. The summed E-state index contributed by atoms with van der Waals surface area (Å²) in [6.07, 6.45) is 5.23. The SMILES string of the molecule is CCNCC1(CN2CCCC2C(C)C)CCOCC1. The Hall–Kier alpha value is -0.120. The molecule has 2 fully saturated rings. The van der Waals surface area contributed by atoms with Crippen LogP contribution in [-0.4, -0.2) is 50.3 Å².